The Morgan fingerprint density at radius 1 is 0.964 bits per heavy atom. The first-order valence-corrected chi connectivity index (χ1v) is 9.47. The van der Waals surface area contributed by atoms with Crippen molar-refractivity contribution in [2.75, 3.05) is 17.3 Å². The van der Waals surface area contributed by atoms with Crippen molar-refractivity contribution in [2.24, 2.45) is 0 Å². The number of anilines is 1. The molecule has 0 radical (unpaired) electrons. The van der Waals surface area contributed by atoms with Crippen molar-refractivity contribution >= 4 is 33.4 Å². The molecule has 1 heterocycles. The molecule has 0 saturated heterocycles. The zero-order chi connectivity index (χ0) is 20.1. The van der Waals surface area contributed by atoms with Gasteiger partial charge in [-0.2, -0.15) is 0 Å². The van der Waals surface area contributed by atoms with Crippen LogP contribution in [0.4, 0.5) is 5.69 Å². The Morgan fingerprint density at radius 3 is 2.25 bits per heavy atom. The quantitative estimate of drug-likeness (QED) is 0.599. The van der Waals surface area contributed by atoms with Crippen LogP contribution in [0.2, 0.25) is 0 Å². The number of aromatic nitrogens is 1. The molecule has 28 heavy (non-hydrogen) atoms. The number of nitrogens with one attached hydrogen (secondary N) is 2. The molecular formula is C21H20BrN3O3. The molecule has 3 aromatic rings. The second-order valence-electron chi connectivity index (χ2n) is 6.23. The lowest BCUT2D eigenvalue weighted by atomic mass is 10.2. The first-order chi connectivity index (χ1) is 13.4. The van der Waals surface area contributed by atoms with Gasteiger partial charge < -0.3 is 10.1 Å². The van der Waals surface area contributed by atoms with Gasteiger partial charge >= 0.3 is 0 Å². The number of hydrogen-bond donors (Lipinski definition) is 2. The fourth-order valence-corrected chi connectivity index (χ4v) is 3.00. The van der Waals surface area contributed by atoms with Gasteiger partial charge in [-0.25, -0.2) is 0 Å². The number of aryl methyl sites for hydroxylation is 2. The number of amides is 2. The molecule has 3 rings (SSSR count). The summed E-state index contributed by atoms with van der Waals surface area (Å²) in [7, 11) is 0. The van der Waals surface area contributed by atoms with Crippen molar-refractivity contribution in [2.45, 2.75) is 13.8 Å². The number of rotatable bonds is 6. The summed E-state index contributed by atoms with van der Waals surface area (Å²) in [6.45, 7) is 3.71. The highest BCUT2D eigenvalue weighted by molar-refractivity contribution is 9.10. The molecule has 2 N–H and O–H groups in total. The molecule has 0 bridgehead atoms. The molecule has 7 heteroatoms. The van der Waals surface area contributed by atoms with Crippen molar-refractivity contribution in [1.82, 2.24) is 4.68 Å². The average molecular weight is 442 g/mol. The number of carbonyl (C=O) groups excluding carboxylic acids is 2. The number of ether oxygens (including phenoxy) is 1. The Bertz CT molecular complexity index is 977. The fourth-order valence-electron chi connectivity index (χ4n) is 2.61. The lowest BCUT2D eigenvalue weighted by Crippen LogP contribution is -2.24. The highest BCUT2D eigenvalue weighted by Gasteiger charge is 2.10. The molecule has 2 aromatic carbocycles. The molecule has 0 saturated carbocycles. The summed E-state index contributed by atoms with van der Waals surface area (Å²) >= 11 is 3.38. The van der Waals surface area contributed by atoms with Crippen LogP contribution < -0.4 is 15.5 Å². The van der Waals surface area contributed by atoms with Crippen LogP contribution in [0.25, 0.3) is 0 Å². The summed E-state index contributed by atoms with van der Waals surface area (Å²) in [4.78, 5) is 24.4. The second-order valence-corrected chi connectivity index (χ2v) is 7.09. The van der Waals surface area contributed by atoms with Gasteiger partial charge in [-0.3, -0.25) is 19.7 Å². The van der Waals surface area contributed by atoms with Crippen LogP contribution in [0, 0.1) is 13.8 Å². The van der Waals surface area contributed by atoms with Crippen LogP contribution in [-0.4, -0.2) is 23.1 Å². The molecule has 0 spiro atoms. The Kier molecular flexibility index (Phi) is 6.16. The van der Waals surface area contributed by atoms with Crippen molar-refractivity contribution in [3.8, 4) is 5.75 Å². The second kappa shape index (κ2) is 8.75. The van der Waals surface area contributed by atoms with E-state index in [9.17, 15) is 9.59 Å². The number of benzene rings is 2. The fraction of sp³-hybridized carbons (Fsp3) is 0.143. The molecule has 6 nitrogen and oxygen atoms in total. The molecular weight excluding hydrogens is 422 g/mol. The van der Waals surface area contributed by atoms with Gasteiger partial charge in [0.2, 0.25) is 0 Å². The molecule has 0 fully saturated rings. The minimum Gasteiger partial charge on any atom is -0.484 e. The largest absolute Gasteiger partial charge is 0.484 e. The Hall–Kier alpha value is -3.06. The molecule has 0 unspecified atom stereocenters. The van der Waals surface area contributed by atoms with E-state index in [0.717, 1.165) is 15.9 Å². The van der Waals surface area contributed by atoms with Gasteiger partial charge in [0.1, 0.15) is 5.75 Å². The van der Waals surface area contributed by atoms with E-state index in [4.69, 9.17) is 4.74 Å². The van der Waals surface area contributed by atoms with E-state index >= 15 is 0 Å². The number of para-hydroxylation sites is 1. The summed E-state index contributed by atoms with van der Waals surface area (Å²) in [6, 6.07) is 17.9. The van der Waals surface area contributed by atoms with E-state index < -0.39 is 0 Å². The van der Waals surface area contributed by atoms with Crippen LogP contribution in [0.5, 0.6) is 5.75 Å². The zero-order valence-corrected chi connectivity index (χ0v) is 17.1. The summed E-state index contributed by atoms with van der Waals surface area (Å²) in [5.74, 6) is 0.0139. The highest BCUT2D eigenvalue weighted by atomic mass is 79.9. The summed E-state index contributed by atoms with van der Waals surface area (Å²) in [5.41, 5.74) is 5.91. The van der Waals surface area contributed by atoms with E-state index in [2.05, 4.69) is 26.7 Å². The Balaban J connectivity index is 1.55. The van der Waals surface area contributed by atoms with Gasteiger partial charge in [-0.15, -0.1) is 0 Å². The number of nitrogens with zero attached hydrogens (tertiary/aromatic N) is 1. The van der Waals surface area contributed by atoms with Gasteiger partial charge in [-0.1, -0.05) is 12.1 Å². The van der Waals surface area contributed by atoms with Crippen LogP contribution in [-0.2, 0) is 4.79 Å². The van der Waals surface area contributed by atoms with E-state index in [1.165, 1.54) is 0 Å². The number of carbonyl (C=O) groups is 2. The smallest absolute Gasteiger partial charge is 0.270 e. The average Bonchev–Trinajstić information content (AvgIpc) is 3.00. The monoisotopic (exact) mass is 441 g/mol. The first-order valence-electron chi connectivity index (χ1n) is 8.67. The zero-order valence-electron chi connectivity index (χ0n) is 15.5. The van der Waals surface area contributed by atoms with Crippen LogP contribution in [0.15, 0.2) is 65.1 Å². The summed E-state index contributed by atoms with van der Waals surface area (Å²) < 4.78 is 8.03. The first kappa shape index (κ1) is 19.7. The van der Waals surface area contributed by atoms with Gasteiger partial charge in [0.15, 0.2) is 6.61 Å². The lowest BCUT2D eigenvalue weighted by molar-refractivity contribution is -0.118. The number of halogens is 1. The minimum absolute atomic E-state index is 0.130. The van der Waals surface area contributed by atoms with E-state index in [1.807, 2.05) is 44.2 Å². The predicted octanol–water partition coefficient (Wildman–Crippen LogP) is 4.27. The SMILES string of the molecule is Cc1ccc(C)n1NC(=O)c1ccc(OCC(=O)Nc2ccccc2Br)cc1. The lowest BCUT2D eigenvalue weighted by Gasteiger charge is -2.12. The molecule has 1 aromatic heterocycles. The third-order valence-corrected chi connectivity index (χ3v) is 4.81. The van der Waals surface area contributed by atoms with Crippen LogP contribution >= 0.6 is 15.9 Å². The molecule has 0 aliphatic rings. The Morgan fingerprint density at radius 2 is 1.61 bits per heavy atom. The van der Waals surface area contributed by atoms with E-state index in [-0.39, 0.29) is 18.4 Å². The van der Waals surface area contributed by atoms with Crippen molar-refractivity contribution in [1.29, 1.82) is 0 Å². The molecule has 0 atom stereocenters. The van der Waals surface area contributed by atoms with Gasteiger partial charge in [0, 0.05) is 21.4 Å². The van der Waals surface area contributed by atoms with E-state index in [1.54, 1.807) is 35.0 Å². The van der Waals surface area contributed by atoms with Crippen molar-refractivity contribution < 1.29 is 14.3 Å². The van der Waals surface area contributed by atoms with Crippen LogP contribution in [0.3, 0.4) is 0 Å². The third kappa shape index (κ3) is 4.80. The van der Waals surface area contributed by atoms with Crippen molar-refractivity contribution in [3.05, 3.63) is 82.1 Å². The molecule has 2 amide bonds. The normalized spacial score (nSPS) is 10.4. The maximum Gasteiger partial charge on any atom is 0.270 e. The van der Waals surface area contributed by atoms with Crippen LogP contribution in [0.1, 0.15) is 21.7 Å². The maximum absolute atomic E-state index is 12.4. The molecule has 144 valence electrons. The van der Waals surface area contributed by atoms with Crippen molar-refractivity contribution in [3.63, 3.8) is 0 Å². The standard InChI is InChI=1S/C21H20BrN3O3/c1-14-7-8-15(2)25(14)24-21(27)16-9-11-17(12-10-16)28-13-20(26)23-19-6-4-3-5-18(19)22/h3-12H,13H2,1-2H3,(H,23,26)(H,24,27). The molecule has 0 aliphatic heterocycles. The molecule has 0 aliphatic carbocycles. The summed E-state index contributed by atoms with van der Waals surface area (Å²) in [5, 5.41) is 2.77. The topological polar surface area (TPSA) is 72.4 Å². The predicted molar refractivity (Wildman–Crippen MR) is 112 cm³/mol. The van der Waals surface area contributed by atoms with E-state index in [0.29, 0.717) is 17.0 Å². The van der Waals surface area contributed by atoms with Gasteiger partial charge in [-0.05, 0) is 78.3 Å². The third-order valence-electron chi connectivity index (χ3n) is 4.12. The minimum atomic E-state index is -0.271. The van der Waals surface area contributed by atoms with Gasteiger partial charge in [0.25, 0.3) is 11.8 Å². The Labute approximate surface area is 171 Å². The van der Waals surface area contributed by atoms with Gasteiger partial charge in [0.05, 0.1) is 5.69 Å². The summed E-state index contributed by atoms with van der Waals surface area (Å²) in [6.07, 6.45) is 0. The maximum atomic E-state index is 12.4. The number of hydrogen-bond acceptors (Lipinski definition) is 3. The highest BCUT2D eigenvalue weighted by Crippen LogP contribution is 2.21.